The fraction of sp³-hybridized carbons (Fsp3) is 0.308. The zero-order valence-electron chi connectivity index (χ0n) is 10.5. The molecule has 0 atom stereocenters. The number of unbranched alkanes of at least 4 members (excludes halogenated alkanes) is 1. The number of amides is 1. The molecule has 2 aromatic rings. The number of nitrogens with one attached hydrogen (secondary N) is 1. The molecule has 6 heteroatoms. The van der Waals surface area contributed by atoms with Gasteiger partial charge in [0.1, 0.15) is 0 Å². The maximum absolute atomic E-state index is 11.5. The Labute approximate surface area is 116 Å². The van der Waals surface area contributed by atoms with Crippen molar-refractivity contribution < 1.29 is 9.21 Å². The van der Waals surface area contributed by atoms with E-state index >= 15 is 0 Å². The largest absolute Gasteiger partial charge is 0.403 e. The number of halogens is 1. The highest BCUT2D eigenvalue weighted by atomic mass is 35.5. The molecule has 19 heavy (non-hydrogen) atoms. The van der Waals surface area contributed by atoms with E-state index in [0.29, 0.717) is 17.3 Å². The van der Waals surface area contributed by atoms with Gasteiger partial charge in [-0.1, -0.05) is 30.0 Å². The average Bonchev–Trinajstić information content (AvgIpc) is 2.85. The third-order valence-electron chi connectivity index (χ3n) is 2.52. The van der Waals surface area contributed by atoms with E-state index in [1.54, 1.807) is 24.3 Å². The number of anilines is 1. The van der Waals surface area contributed by atoms with Crippen LogP contribution in [-0.2, 0) is 4.79 Å². The summed E-state index contributed by atoms with van der Waals surface area (Å²) in [5, 5.41) is 10.9. The number of benzene rings is 1. The van der Waals surface area contributed by atoms with E-state index in [1.807, 2.05) is 6.92 Å². The summed E-state index contributed by atoms with van der Waals surface area (Å²) in [6.07, 6.45) is 2.26. The zero-order valence-corrected chi connectivity index (χ0v) is 11.3. The lowest BCUT2D eigenvalue weighted by molar-refractivity contribution is -0.116. The Morgan fingerprint density at radius 1 is 1.32 bits per heavy atom. The number of carbonyl (C=O) groups is 1. The van der Waals surface area contributed by atoms with E-state index in [1.165, 1.54) is 0 Å². The summed E-state index contributed by atoms with van der Waals surface area (Å²) in [6.45, 7) is 2.03. The summed E-state index contributed by atoms with van der Waals surface area (Å²) >= 11 is 5.80. The molecule has 1 aromatic heterocycles. The van der Waals surface area contributed by atoms with Gasteiger partial charge in [-0.05, 0) is 30.7 Å². The van der Waals surface area contributed by atoms with Crippen LogP contribution in [0.25, 0.3) is 11.5 Å². The molecule has 0 spiro atoms. The highest BCUT2D eigenvalue weighted by Gasteiger charge is 2.10. The molecule has 0 radical (unpaired) electrons. The van der Waals surface area contributed by atoms with Gasteiger partial charge >= 0.3 is 6.01 Å². The molecule has 0 unspecified atom stereocenters. The Hall–Kier alpha value is -1.88. The smallest absolute Gasteiger partial charge is 0.322 e. The van der Waals surface area contributed by atoms with Crippen LogP contribution in [-0.4, -0.2) is 16.1 Å². The normalized spacial score (nSPS) is 10.4. The second-order valence-electron chi connectivity index (χ2n) is 4.07. The second-order valence-corrected chi connectivity index (χ2v) is 4.51. The van der Waals surface area contributed by atoms with Crippen LogP contribution in [0.5, 0.6) is 0 Å². The first-order chi connectivity index (χ1) is 9.19. The van der Waals surface area contributed by atoms with E-state index in [9.17, 15) is 4.79 Å². The van der Waals surface area contributed by atoms with Crippen LogP contribution >= 0.6 is 11.6 Å². The lowest BCUT2D eigenvalue weighted by Gasteiger charge is -1.98. The standard InChI is InChI=1S/C13H14ClN3O2/c1-2-3-4-11(18)15-13-17-16-12(19-13)9-5-7-10(14)8-6-9/h5-8H,2-4H2,1H3,(H,15,17,18). The van der Waals surface area contributed by atoms with Gasteiger partial charge in [-0.3, -0.25) is 10.1 Å². The molecule has 1 amide bonds. The predicted octanol–water partition coefficient (Wildman–Crippen LogP) is 3.52. The van der Waals surface area contributed by atoms with Gasteiger partial charge in [-0.2, -0.15) is 0 Å². The molecule has 2 rings (SSSR count). The minimum atomic E-state index is -0.117. The Morgan fingerprint density at radius 3 is 2.74 bits per heavy atom. The molecule has 0 bridgehead atoms. The second kappa shape index (κ2) is 6.33. The third kappa shape index (κ3) is 3.79. The van der Waals surface area contributed by atoms with Crippen molar-refractivity contribution in [1.29, 1.82) is 0 Å². The highest BCUT2D eigenvalue weighted by Crippen LogP contribution is 2.21. The monoisotopic (exact) mass is 279 g/mol. The molecule has 5 nitrogen and oxygen atoms in total. The van der Waals surface area contributed by atoms with Crippen LogP contribution < -0.4 is 5.32 Å². The first-order valence-corrected chi connectivity index (χ1v) is 6.46. The fourth-order valence-electron chi connectivity index (χ4n) is 1.50. The van der Waals surface area contributed by atoms with E-state index in [0.717, 1.165) is 18.4 Å². The van der Waals surface area contributed by atoms with Gasteiger partial charge in [0.15, 0.2) is 0 Å². The van der Waals surface area contributed by atoms with Crippen molar-refractivity contribution in [3.63, 3.8) is 0 Å². The van der Waals surface area contributed by atoms with Gasteiger partial charge in [0.05, 0.1) is 0 Å². The number of hydrogen-bond acceptors (Lipinski definition) is 4. The van der Waals surface area contributed by atoms with Gasteiger partial charge in [0.25, 0.3) is 0 Å². The Balaban J connectivity index is 2.02. The molecular formula is C13H14ClN3O2. The van der Waals surface area contributed by atoms with Crippen molar-refractivity contribution >= 4 is 23.5 Å². The number of carbonyl (C=O) groups excluding carboxylic acids is 1. The van der Waals surface area contributed by atoms with E-state index in [4.69, 9.17) is 16.0 Å². The van der Waals surface area contributed by atoms with E-state index in [-0.39, 0.29) is 11.9 Å². The molecule has 0 aliphatic carbocycles. The van der Waals surface area contributed by atoms with E-state index in [2.05, 4.69) is 15.5 Å². The molecule has 1 N–H and O–H groups in total. The van der Waals surface area contributed by atoms with Gasteiger partial charge in [0.2, 0.25) is 11.8 Å². The van der Waals surface area contributed by atoms with Gasteiger partial charge in [-0.25, -0.2) is 0 Å². The molecule has 0 aliphatic rings. The summed E-state index contributed by atoms with van der Waals surface area (Å²) in [5.74, 6) is 0.232. The third-order valence-corrected chi connectivity index (χ3v) is 2.77. The summed E-state index contributed by atoms with van der Waals surface area (Å²) < 4.78 is 5.36. The van der Waals surface area contributed by atoms with Gasteiger partial charge in [-0.15, -0.1) is 5.10 Å². The first-order valence-electron chi connectivity index (χ1n) is 6.08. The fourth-order valence-corrected chi connectivity index (χ4v) is 1.63. The summed E-state index contributed by atoms with van der Waals surface area (Å²) in [7, 11) is 0. The molecule has 0 aliphatic heterocycles. The van der Waals surface area contributed by atoms with Crippen LogP contribution in [0.2, 0.25) is 5.02 Å². The van der Waals surface area contributed by atoms with Crippen molar-refractivity contribution in [2.45, 2.75) is 26.2 Å². The molecular weight excluding hydrogens is 266 g/mol. The average molecular weight is 280 g/mol. The van der Waals surface area contributed by atoms with Gasteiger partial charge in [0, 0.05) is 17.0 Å². The minimum Gasteiger partial charge on any atom is -0.403 e. The molecule has 0 saturated heterocycles. The Morgan fingerprint density at radius 2 is 2.05 bits per heavy atom. The summed E-state index contributed by atoms with van der Waals surface area (Å²) in [5.41, 5.74) is 0.756. The highest BCUT2D eigenvalue weighted by molar-refractivity contribution is 6.30. The van der Waals surface area contributed by atoms with Crippen molar-refractivity contribution in [2.24, 2.45) is 0 Å². The number of aromatic nitrogens is 2. The van der Waals surface area contributed by atoms with Crippen LogP contribution in [0.1, 0.15) is 26.2 Å². The van der Waals surface area contributed by atoms with Crippen molar-refractivity contribution in [3.8, 4) is 11.5 Å². The maximum atomic E-state index is 11.5. The number of nitrogens with zero attached hydrogens (tertiary/aromatic N) is 2. The summed E-state index contributed by atoms with van der Waals surface area (Å²) in [4.78, 5) is 11.5. The van der Waals surface area contributed by atoms with Crippen molar-refractivity contribution in [2.75, 3.05) is 5.32 Å². The Kier molecular flexibility index (Phi) is 4.52. The Bertz CT molecular complexity index is 551. The topological polar surface area (TPSA) is 68.0 Å². The molecule has 0 fully saturated rings. The summed E-state index contributed by atoms with van der Waals surface area (Å²) in [6, 6.07) is 7.14. The molecule has 100 valence electrons. The predicted molar refractivity (Wildman–Crippen MR) is 72.9 cm³/mol. The lowest BCUT2D eigenvalue weighted by Crippen LogP contribution is -2.11. The minimum absolute atomic E-state index is 0.117. The van der Waals surface area contributed by atoms with Crippen LogP contribution in [0, 0.1) is 0 Å². The van der Waals surface area contributed by atoms with Crippen molar-refractivity contribution in [3.05, 3.63) is 29.3 Å². The van der Waals surface area contributed by atoms with Crippen LogP contribution in [0.15, 0.2) is 28.7 Å². The SMILES string of the molecule is CCCCC(=O)Nc1nnc(-c2ccc(Cl)cc2)o1. The quantitative estimate of drug-likeness (QED) is 0.909. The molecule has 1 aromatic carbocycles. The maximum Gasteiger partial charge on any atom is 0.322 e. The number of rotatable bonds is 5. The van der Waals surface area contributed by atoms with Crippen molar-refractivity contribution in [1.82, 2.24) is 10.2 Å². The molecule has 0 saturated carbocycles. The van der Waals surface area contributed by atoms with Crippen LogP contribution in [0.3, 0.4) is 0 Å². The zero-order chi connectivity index (χ0) is 13.7. The van der Waals surface area contributed by atoms with Gasteiger partial charge < -0.3 is 4.42 Å². The first kappa shape index (κ1) is 13.5. The van der Waals surface area contributed by atoms with Crippen LogP contribution in [0.4, 0.5) is 6.01 Å². The molecule has 1 heterocycles. The lowest BCUT2D eigenvalue weighted by atomic mass is 10.2. The number of hydrogen-bond donors (Lipinski definition) is 1. The van der Waals surface area contributed by atoms with E-state index < -0.39 is 0 Å².